The highest BCUT2D eigenvalue weighted by Gasteiger charge is 2.14. The van der Waals surface area contributed by atoms with Gasteiger partial charge in [0.05, 0.1) is 12.8 Å². The van der Waals surface area contributed by atoms with Crippen LogP contribution in [0.4, 0.5) is 30.6 Å². The van der Waals surface area contributed by atoms with Gasteiger partial charge in [-0.1, -0.05) is 18.2 Å². The van der Waals surface area contributed by atoms with E-state index in [4.69, 9.17) is 4.74 Å². The van der Waals surface area contributed by atoms with Crippen molar-refractivity contribution in [3.63, 3.8) is 0 Å². The highest BCUT2D eigenvalue weighted by atomic mass is 19.2. The molecule has 0 saturated heterocycles. The summed E-state index contributed by atoms with van der Waals surface area (Å²) in [5.41, 5.74) is 0.682. The molecule has 3 rings (SSSR count). The minimum absolute atomic E-state index is 0.224. The average molecular weight is 360 g/mol. The molecular weight excluding hydrogens is 345 g/mol. The maximum absolute atomic E-state index is 13.8. The van der Waals surface area contributed by atoms with Crippen LogP contribution in [0.1, 0.15) is 5.56 Å². The summed E-state index contributed by atoms with van der Waals surface area (Å²) < 4.78 is 45.3. The molecule has 0 amide bonds. The Morgan fingerprint density at radius 2 is 1.81 bits per heavy atom. The Hall–Kier alpha value is -3.29. The summed E-state index contributed by atoms with van der Waals surface area (Å²) in [5.74, 6) is -2.88. The third-order valence-electron chi connectivity index (χ3n) is 3.58. The van der Waals surface area contributed by atoms with Gasteiger partial charge in [0, 0.05) is 18.3 Å². The van der Waals surface area contributed by atoms with E-state index in [-0.39, 0.29) is 17.5 Å². The molecule has 0 atom stereocenters. The van der Waals surface area contributed by atoms with Crippen LogP contribution in [0, 0.1) is 17.5 Å². The van der Waals surface area contributed by atoms with Crippen molar-refractivity contribution in [1.29, 1.82) is 0 Å². The Morgan fingerprint density at radius 1 is 1.00 bits per heavy atom. The molecule has 0 radical (unpaired) electrons. The lowest BCUT2D eigenvalue weighted by atomic mass is 10.2. The van der Waals surface area contributed by atoms with Crippen LogP contribution in [0.2, 0.25) is 0 Å². The van der Waals surface area contributed by atoms with Crippen molar-refractivity contribution in [3.8, 4) is 5.75 Å². The molecule has 0 unspecified atom stereocenters. The molecule has 0 bridgehead atoms. The fourth-order valence-electron chi connectivity index (χ4n) is 2.30. The van der Waals surface area contributed by atoms with Gasteiger partial charge in [-0.25, -0.2) is 18.2 Å². The minimum atomic E-state index is -1.54. The van der Waals surface area contributed by atoms with Crippen molar-refractivity contribution >= 4 is 17.5 Å². The van der Waals surface area contributed by atoms with E-state index >= 15 is 0 Å². The van der Waals surface area contributed by atoms with Crippen LogP contribution in [0.15, 0.2) is 48.7 Å². The van der Waals surface area contributed by atoms with Crippen LogP contribution in [0.25, 0.3) is 0 Å². The predicted molar refractivity (Wildman–Crippen MR) is 92.0 cm³/mol. The molecule has 8 heteroatoms. The molecule has 2 N–H and O–H groups in total. The lowest BCUT2D eigenvalue weighted by molar-refractivity contribution is 0.410. The van der Waals surface area contributed by atoms with Crippen LogP contribution >= 0.6 is 0 Å². The number of anilines is 3. The Balaban J connectivity index is 1.73. The molecule has 0 aliphatic heterocycles. The van der Waals surface area contributed by atoms with Gasteiger partial charge in [0.1, 0.15) is 11.6 Å². The van der Waals surface area contributed by atoms with Gasteiger partial charge in [-0.05, 0) is 24.3 Å². The topological polar surface area (TPSA) is 59.1 Å². The van der Waals surface area contributed by atoms with E-state index in [9.17, 15) is 13.2 Å². The quantitative estimate of drug-likeness (QED) is 0.644. The number of aromatic nitrogens is 2. The van der Waals surface area contributed by atoms with Gasteiger partial charge in [0.25, 0.3) is 0 Å². The maximum atomic E-state index is 13.8. The van der Waals surface area contributed by atoms with Gasteiger partial charge in [-0.3, -0.25) is 0 Å². The lowest BCUT2D eigenvalue weighted by Crippen LogP contribution is -2.06. The number of ether oxygens (including phenoxy) is 1. The summed E-state index contributed by atoms with van der Waals surface area (Å²) in [7, 11) is 1.58. The number of hydrogen-bond acceptors (Lipinski definition) is 5. The number of rotatable bonds is 6. The largest absolute Gasteiger partial charge is 0.496 e. The van der Waals surface area contributed by atoms with Gasteiger partial charge < -0.3 is 15.4 Å². The molecule has 0 aliphatic carbocycles. The molecule has 134 valence electrons. The van der Waals surface area contributed by atoms with E-state index < -0.39 is 17.5 Å². The average Bonchev–Trinajstić information content (AvgIpc) is 2.67. The first-order valence-electron chi connectivity index (χ1n) is 7.68. The number of para-hydroxylation sites is 1. The van der Waals surface area contributed by atoms with Gasteiger partial charge in [0.15, 0.2) is 17.5 Å². The number of methoxy groups -OCH3 is 1. The summed E-state index contributed by atoms with van der Waals surface area (Å²) in [6.45, 7) is 0.410. The number of benzene rings is 2. The summed E-state index contributed by atoms with van der Waals surface area (Å²) in [5, 5.41) is 5.63. The second kappa shape index (κ2) is 7.73. The first-order valence-corrected chi connectivity index (χ1v) is 7.68. The molecule has 0 saturated carbocycles. The van der Waals surface area contributed by atoms with Crippen molar-refractivity contribution in [3.05, 3.63) is 71.7 Å². The summed E-state index contributed by atoms with van der Waals surface area (Å²) in [4.78, 5) is 8.25. The van der Waals surface area contributed by atoms with Gasteiger partial charge >= 0.3 is 0 Å². The van der Waals surface area contributed by atoms with Crippen LogP contribution < -0.4 is 15.4 Å². The Bertz CT molecular complexity index is 921. The molecule has 0 aliphatic rings. The molecule has 0 fully saturated rings. The number of hydrogen-bond donors (Lipinski definition) is 2. The van der Waals surface area contributed by atoms with Crippen molar-refractivity contribution < 1.29 is 17.9 Å². The van der Waals surface area contributed by atoms with E-state index in [0.29, 0.717) is 6.54 Å². The zero-order valence-electron chi connectivity index (χ0n) is 13.8. The summed E-state index contributed by atoms with van der Waals surface area (Å²) >= 11 is 0. The van der Waals surface area contributed by atoms with E-state index in [1.807, 2.05) is 24.3 Å². The second-order valence-electron chi connectivity index (χ2n) is 5.28. The van der Waals surface area contributed by atoms with Crippen molar-refractivity contribution in [2.24, 2.45) is 0 Å². The van der Waals surface area contributed by atoms with Gasteiger partial charge in [-0.15, -0.1) is 0 Å². The predicted octanol–water partition coefficient (Wildman–Crippen LogP) is 4.26. The van der Waals surface area contributed by atoms with Crippen LogP contribution in [-0.2, 0) is 6.54 Å². The third-order valence-corrected chi connectivity index (χ3v) is 3.58. The molecule has 0 spiro atoms. The molecule has 26 heavy (non-hydrogen) atoms. The smallest absolute Gasteiger partial charge is 0.224 e. The van der Waals surface area contributed by atoms with Gasteiger partial charge in [-0.2, -0.15) is 4.98 Å². The van der Waals surface area contributed by atoms with Crippen LogP contribution in [0.5, 0.6) is 5.75 Å². The fourth-order valence-corrected chi connectivity index (χ4v) is 2.30. The lowest BCUT2D eigenvalue weighted by Gasteiger charge is -2.11. The van der Waals surface area contributed by atoms with E-state index in [0.717, 1.165) is 23.4 Å². The number of nitrogens with one attached hydrogen (secondary N) is 2. The number of nitrogens with zero attached hydrogens (tertiary/aromatic N) is 2. The Kier molecular flexibility index (Phi) is 5.21. The van der Waals surface area contributed by atoms with Crippen molar-refractivity contribution in [2.75, 3.05) is 17.7 Å². The standard InChI is InChI=1S/C18H15F3N4O/c1-26-14-5-3-2-4-11(14)10-23-18-22-9-8-15(25-18)24-13-7-6-12(19)16(20)17(13)21/h2-9H,10H2,1H3,(H2,22,23,24,25). The molecule has 3 aromatic rings. The maximum Gasteiger partial charge on any atom is 0.224 e. The Morgan fingerprint density at radius 3 is 2.62 bits per heavy atom. The molecule has 5 nitrogen and oxygen atoms in total. The summed E-state index contributed by atoms with van der Waals surface area (Å²) in [6.07, 6.45) is 1.46. The number of halogens is 3. The molecule has 2 aromatic carbocycles. The minimum Gasteiger partial charge on any atom is -0.496 e. The zero-order chi connectivity index (χ0) is 18.5. The molecule has 1 heterocycles. The van der Waals surface area contributed by atoms with E-state index in [1.54, 1.807) is 7.11 Å². The first kappa shape index (κ1) is 17.5. The molecule has 1 aromatic heterocycles. The van der Waals surface area contributed by atoms with E-state index in [1.165, 1.54) is 12.3 Å². The highest BCUT2D eigenvalue weighted by molar-refractivity contribution is 5.57. The highest BCUT2D eigenvalue weighted by Crippen LogP contribution is 2.23. The summed E-state index contributed by atoms with van der Waals surface area (Å²) in [6, 6.07) is 10.9. The first-order chi connectivity index (χ1) is 12.6. The van der Waals surface area contributed by atoms with Crippen molar-refractivity contribution in [1.82, 2.24) is 9.97 Å². The van der Waals surface area contributed by atoms with Crippen molar-refractivity contribution in [2.45, 2.75) is 6.54 Å². The third kappa shape index (κ3) is 3.85. The molecular formula is C18H15F3N4O. The fraction of sp³-hybridized carbons (Fsp3) is 0.111. The van der Waals surface area contributed by atoms with Gasteiger partial charge in [0.2, 0.25) is 5.95 Å². The van der Waals surface area contributed by atoms with Crippen LogP contribution in [0.3, 0.4) is 0 Å². The second-order valence-corrected chi connectivity index (χ2v) is 5.28. The monoisotopic (exact) mass is 360 g/mol. The SMILES string of the molecule is COc1ccccc1CNc1nccc(Nc2ccc(F)c(F)c2F)n1. The van der Waals surface area contributed by atoms with E-state index in [2.05, 4.69) is 20.6 Å². The zero-order valence-corrected chi connectivity index (χ0v) is 13.8. The van der Waals surface area contributed by atoms with Crippen LogP contribution in [-0.4, -0.2) is 17.1 Å². The normalized spacial score (nSPS) is 10.5. The Labute approximate surface area is 147 Å².